The van der Waals surface area contributed by atoms with Crippen LogP contribution in [0.5, 0.6) is 0 Å². The maximum absolute atomic E-state index is 14.3. The SMILES string of the molecule is CC(C)(C)OC(=O)NCc1ccc(F)c(C(C=Nc2ccc(F)cc2)=CN)c1. The number of nitrogens with zero attached hydrogens (tertiary/aromatic N) is 1. The van der Waals surface area contributed by atoms with Gasteiger partial charge in [0.15, 0.2) is 0 Å². The second-order valence-corrected chi connectivity index (χ2v) is 7.03. The second-order valence-electron chi connectivity index (χ2n) is 7.03. The van der Waals surface area contributed by atoms with Crippen molar-refractivity contribution in [3.63, 3.8) is 0 Å². The van der Waals surface area contributed by atoms with Gasteiger partial charge in [0.2, 0.25) is 0 Å². The van der Waals surface area contributed by atoms with E-state index in [1.54, 1.807) is 32.9 Å². The summed E-state index contributed by atoms with van der Waals surface area (Å²) in [5.74, 6) is -0.854. The van der Waals surface area contributed by atoms with Crippen molar-refractivity contribution in [3.8, 4) is 0 Å². The van der Waals surface area contributed by atoms with Crippen LogP contribution in [0.4, 0.5) is 19.3 Å². The van der Waals surface area contributed by atoms with Crippen LogP contribution in [0.1, 0.15) is 31.9 Å². The molecule has 28 heavy (non-hydrogen) atoms. The summed E-state index contributed by atoms with van der Waals surface area (Å²) in [4.78, 5) is 16.0. The van der Waals surface area contributed by atoms with Gasteiger partial charge in [-0.3, -0.25) is 4.99 Å². The molecule has 0 spiro atoms. The lowest BCUT2D eigenvalue weighted by Crippen LogP contribution is -2.32. The Kier molecular flexibility index (Phi) is 6.87. The minimum atomic E-state index is -0.607. The van der Waals surface area contributed by atoms with Crippen LogP contribution < -0.4 is 11.1 Å². The predicted molar refractivity (Wildman–Crippen MR) is 106 cm³/mol. The number of ether oxygens (including phenoxy) is 1. The number of rotatable bonds is 5. The summed E-state index contributed by atoms with van der Waals surface area (Å²) in [6, 6.07) is 9.97. The number of aliphatic imine (C=N–C) groups is 1. The Morgan fingerprint density at radius 1 is 1.18 bits per heavy atom. The first kappa shape index (κ1) is 21.1. The number of carbonyl (C=O) groups is 1. The van der Waals surface area contributed by atoms with Crippen molar-refractivity contribution in [1.82, 2.24) is 5.32 Å². The summed E-state index contributed by atoms with van der Waals surface area (Å²) in [6.45, 7) is 5.46. The molecule has 0 aliphatic carbocycles. The van der Waals surface area contributed by atoms with Gasteiger partial charge in [-0.25, -0.2) is 13.6 Å². The predicted octanol–water partition coefficient (Wildman–Crippen LogP) is 4.69. The van der Waals surface area contributed by atoms with Gasteiger partial charge in [-0.2, -0.15) is 0 Å². The van der Waals surface area contributed by atoms with Crippen LogP contribution in [0.3, 0.4) is 0 Å². The summed E-state index contributed by atoms with van der Waals surface area (Å²) in [5.41, 5.74) is 6.78. The third-order valence-electron chi connectivity index (χ3n) is 3.54. The van der Waals surface area contributed by atoms with Gasteiger partial charge in [0.25, 0.3) is 0 Å². The van der Waals surface area contributed by atoms with E-state index >= 15 is 0 Å². The topological polar surface area (TPSA) is 76.7 Å². The van der Waals surface area contributed by atoms with Crippen LogP contribution in [0.25, 0.3) is 5.57 Å². The number of benzene rings is 2. The molecule has 0 fully saturated rings. The van der Waals surface area contributed by atoms with E-state index in [1.807, 2.05) is 0 Å². The summed E-state index contributed by atoms with van der Waals surface area (Å²) >= 11 is 0. The zero-order chi connectivity index (χ0) is 20.7. The molecule has 0 unspecified atom stereocenters. The fraction of sp³-hybridized carbons (Fsp3) is 0.238. The Labute approximate surface area is 162 Å². The van der Waals surface area contributed by atoms with E-state index in [2.05, 4.69) is 10.3 Å². The Morgan fingerprint density at radius 2 is 1.86 bits per heavy atom. The molecule has 0 atom stereocenters. The molecule has 0 aliphatic rings. The van der Waals surface area contributed by atoms with Gasteiger partial charge in [-0.05, 0) is 62.7 Å². The monoisotopic (exact) mass is 387 g/mol. The van der Waals surface area contributed by atoms with E-state index in [4.69, 9.17) is 10.5 Å². The largest absolute Gasteiger partial charge is 0.444 e. The van der Waals surface area contributed by atoms with E-state index in [9.17, 15) is 13.6 Å². The number of allylic oxidation sites excluding steroid dienone is 1. The molecule has 7 heteroatoms. The Hall–Kier alpha value is -3.22. The fourth-order valence-corrected chi connectivity index (χ4v) is 2.27. The summed E-state index contributed by atoms with van der Waals surface area (Å²) in [6.07, 6.45) is 2.07. The average Bonchev–Trinajstić information content (AvgIpc) is 2.62. The zero-order valence-electron chi connectivity index (χ0n) is 16.0. The molecular weight excluding hydrogens is 364 g/mol. The molecule has 0 heterocycles. The molecule has 0 saturated carbocycles. The van der Waals surface area contributed by atoms with Gasteiger partial charge in [0.05, 0.1) is 5.69 Å². The number of carbonyl (C=O) groups excluding carboxylic acids is 1. The normalized spacial score (nSPS) is 12.2. The summed E-state index contributed by atoms with van der Waals surface area (Å²) in [7, 11) is 0. The number of alkyl carbamates (subject to hydrolysis) is 1. The van der Waals surface area contributed by atoms with Crippen LogP contribution in [-0.2, 0) is 11.3 Å². The van der Waals surface area contributed by atoms with Crippen molar-refractivity contribution in [3.05, 3.63) is 71.4 Å². The number of amides is 1. The van der Waals surface area contributed by atoms with Crippen molar-refractivity contribution < 1.29 is 18.3 Å². The van der Waals surface area contributed by atoms with Crippen LogP contribution in [0, 0.1) is 11.6 Å². The van der Waals surface area contributed by atoms with Crippen LogP contribution in [0.15, 0.2) is 53.7 Å². The molecule has 2 aromatic rings. The van der Waals surface area contributed by atoms with E-state index in [0.717, 1.165) is 0 Å². The molecule has 148 valence electrons. The van der Waals surface area contributed by atoms with E-state index in [1.165, 1.54) is 42.7 Å². The minimum absolute atomic E-state index is 0.162. The highest BCUT2D eigenvalue weighted by Crippen LogP contribution is 2.20. The van der Waals surface area contributed by atoms with Crippen molar-refractivity contribution in [1.29, 1.82) is 0 Å². The van der Waals surface area contributed by atoms with Gasteiger partial charge >= 0.3 is 6.09 Å². The molecule has 5 nitrogen and oxygen atoms in total. The third kappa shape index (κ3) is 6.50. The first-order valence-electron chi connectivity index (χ1n) is 8.65. The van der Waals surface area contributed by atoms with Gasteiger partial charge in [0, 0.05) is 30.1 Å². The number of hydrogen-bond donors (Lipinski definition) is 2. The molecule has 0 aromatic heterocycles. The second kappa shape index (κ2) is 9.12. The maximum atomic E-state index is 14.3. The molecular formula is C21H23F2N3O2. The van der Waals surface area contributed by atoms with Crippen molar-refractivity contribution >= 4 is 23.6 Å². The molecule has 0 bridgehead atoms. The minimum Gasteiger partial charge on any atom is -0.444 e. The fourth-order valence-electron chi connectivity index (χ4n) is 2.27. The first-order valence-corrected chi connectivity index (χ1v) is 8.65. The standard InChI is InChI=1S/C21H23F2N3O2/c1-21(2,3)28-20(27)26-12-14-4-9-19(23)18(10-14)15(11-24)13-25-17-7-5-16(22)6-8-17/h4-11,13H,12,24H2,1-3H3,(H,26,27). The first-order chi connectivity index (χ1) is 13.2. The Morgan fingerprint density at radius 3 is 2.46 bits per heavy atom. The zero-order valence-corrected chi connectivity index (χ0v) is 16.0. The summed E-state index contributed by atoms with van der Waals surface area (Å²) in [5, 5.41) is 2.62. The summed E-state index contributed by atoms with van der Waals surface area (Å²) < 4.78 is 32.4. The third-order valence-corrected chi connectivity index (χ3v) is 3.54. The molecule has 0 saturated heterocycles. The Balaban J connectivity index is 2.14. The van der Waals surface area contributed by atoms with Crippen LogP contribution >= 0.6 is 0 Å². The lowest BCUT2D eigenvalue weighted by atomic mass is 10.0. The highest BCUT2D eigenvalue weighted by molar-refractivity contribution is 6.10. The molecule has 0 aliphatic heterocycles. The van der Waals surface area contributed by atoms with Crippen molar-refractivity contribution in [2.24, 2.45) is 10.7 Å². The van der Waals surface area contributed by atoms with Gasteiger partial charge < -0.3 is 15.8 Å². The van der Waals surface area contributed by atoms with E-state index < -0.39 is 17.5 Å². The quantitative estimate of drug-likeness (QED) is 0.731. The lowest BCUT2D eigenvalue weighted by Gasteiger charge is -2.19. The number of halogens is 2. The van der Waals surface area contributed by atoms with Crippen molar-refractivity contribution in [2.45, 2.75) is 32.9 Å². The number of hydrogen-bond acceptors (Lipinski definition) is 4. The molecule has 1 amide bonds. The van der Waals surface area contributed by atoms with Gasteiger partial charge in [0.1, 0.15) is 17.2 Å². The van der Waals surface area contributed by atoms with E-state index in [0.29, 0.717) is 16.8 Å². The Bertz CT molecular complexity index is 886. The van der Waals surface area contributed by atoms with Crippen molar-refractivity contribution in [2.75, 3.05) is 0 Å². The smallest absolute Gasteiger partial charge is 0.407 e. The highest BCUT2D eigenvalue weighted by atomic mass is 19.1. The van der Waals surface area contributed by atoms with E-state index in [-0.39, 0.29) is 17.9 Å². The van der Waals surface area contributed by atoms with Gasteiger partial charge in [-0.15, -0.1) is 0 Å². The lowest BCUT2D eigenvalue weighted by molar-refractivity contribution is 0.0523. The molecule has 0 radical (unpaired) electrons. The van der Waals surface area contributed by atoms with Gasteiger partial charge in [-0.1, -0.05) is 6.07 Å². The number of nitrogens with one attached hydrogen (secondary N) is 1. The van der Waals surface area contributed by atoms with Crippen LogP contribution in [-0.4, -0.2) is 17.9 Å². The van der Waals surface area contributed by atoms with Crippen LogP contribution in [0.2, 0.25) is 0 Å². The maximum Gasteiger partial charge on any atom is 0.407 e. The molecule has 3 N–H and O–H groups in total. The number of nitrogens with two attached hydrogens (primary N) is 1. The molecule has 2 rings (SSSR count). The average molecular weight is 387 g/mol. The molecule has 2 aromatic carbocycles. The highest BCUT2D eigenvalue weighted by Gasteiger charge is 2.16.